The summed E-state index contributed by atoms with van der Waals surface area (Å²) in [6.45, 7) is 0. The number of rotatable bonds is 4. The number of para-hydroxylation sites is 1. The van der Waals surface area contributed by atoms with Crippen molar-refractivity contribution in [3.8, 4) is 5.75 Å². The number of benzene rings is 1. The summed E-state index contributed by atoms with van der Waals surface area (Å²) < 4.78 is 7.12. The third-order valence-corrected chi connectivity index (χ3v) is 2.87. The molecule has 17 heavy (non-hydrogen) atoms. The monoisotopic (exact) mass is 231 g/mol. The van der Waals surface area contributed by atoms with E-state index in [-0.39, 0.29) is 6.04 Å². The maximum atomic E-state index is 6.18. The van der Waals surface area contributed by atoms with Gasteiger partial charge < -0.3 is 10.5 Å². The molecule has 4 nitrogen and oxygen atoms in total. The molecule has 2 rings (SSSR count). The van der Waals surface area contributed by atoms with Crippen molar-refractivity contribution in [2.45, 2.75) is 12.5 Å². The fraction of sp³-hybridized carbons (Fsp3) is 0.308. The van der Waals surface area contributed by atoms with E-state index in [0.717, 1.165) is 23.4 Å². The molecule has 1 aromatic carbocycles. The first-order valence-electron chi connectivity index (χ1n) is 5.57. The van der Waals surface area contributed by atoms with E-state index in [4.69, 9.17) is 10.5 Å². The zero-order valence-corrected chi connectivity index (χ0v) is 10.1. The van der Waals surface area contributed by atoms with Crippen LogP contribution in [0.5, 0.6) is 5.75 Å². The van der Waals surface area contributed by atoms with Crippen molar-refractivity contribution in [3.05, 3.63) is 47.8 Å². The van der Waals surface area contributed by atoms with E-state index in [9.17, 15) is 0 Å². The van der Waals surface area contributed by atoms with E-state index >= 15 is 0 Å². The molecule has 0 aliphatic carbocycles. The molecule has 0 saturated carbocycles. The average Bonchev–Trinajstić information content (AvgIpc) is 2.76. The molecule has 1 heterocycles. The Labute approximate surface area is 101 Å². The Morgan fingerprint density at radius 3 is 2.76 bits per heavy atom. The van der Waals surface area contributed by atoms with Gasteiger partial charge in [0.1, 0.15) is 5.75 Å². The highest BCUT2D eigenvalue weighted by Gasteiger charge is 2.12. The van der Waals surface area contributed by atoms with Crippen LogP contribution in [0.15, 0.2) is 36.5 Å². The second kappa shape index (κ2) is 5.01. The van der Waals surface area contributed by atoms with Gasteiger partial charge in [-0.25, -0.2) is 0 Å². The first-order valence-corrected chi connectivity index (χ1v) is 5.57. The minimum atomic E-state index is -0.0706. The minimum Gasteiger partial charge on any atom is -0.496 e. The van der Waals surface area contributed by atoms with Crippen LogP contribution in [0.1, 0.15) is 17.3 Å². The summed E-state index contributed by atoms with van der Waals surface area (Å²) in [4.78, 5) is 0. The summed E-state index contributed by atoms with van der Waals surface area (Å²) in [6.07, 6.45) is 2.50. The van der Waals surface area contributed by atoms with Crippen molar-refractivity contribution in [3.63, 3.8) is 0 Å². The Bertz CT molecular complexity index is 493. The molecule has 0 aliphatic rings. The van der Waals surface area contributed by atoms with E-state index in [0.29, 0.717) is 0 Å². The van der Waals surface area contributed by atoms with Gasteiger partial charge >= 0.3 is 0 Å². The second-order valence-electron chi connectivity index (χ2n) is 4.00. The van der Waals surface area contributed by atoms with Crippen molar-refractivity contribution in [2.75, 3.05) is 7.11 Å². The lowest BCUT2D eigenvalue weighted by Crippen LogP contribution is -2.17. The largest absolute Gasteiger partial charge is 0.496 e. The molecule has 4 heteroatoms. The van der Waals surface area contributed by atoms with Crippen LogP contribution < -0.4 is 10.5 Å². The Kier molecular flexibility index (Phi) is 3.44. The molecule has 1 aromatic heterocycles. The maximum Gasteiger partial charge on any atom is 0.122 e. The van der Waals surface area contributed by atoms with Crippen molar-refractivity contribution in [2.24, 2.45) is 12.8 Å². The molecule has 1 atom stereocenters. The quantitative estimate of drug-likeness (QED) is 0.870. The number of ether oxygens (including phenoxy) is 1. The number of methoxy groups -OCH3 is 1. The van der Waals surface area contributed by atoms with Gasteiger partial charge in [0.2, 0.25) is 0 Å². The summed E-state index contributed by atoms with van der Waals surface area (Å²) in [6, 6.07) is 9.81. The molecule has 0 radical (unpaired) electrons. The number of hydrogen-bond acceptors (Lipinski definition) is 3. The van der Waals surface area contributed by atoms with Gasteiger partial charge in [-0.1, -0.05) is 18.2 Å². The van der Waals surface area contributed by atoms with Gasteiger partial charge in [-0.15, -0.1) is 0 Å². The van der Waals surface area contributed by atoms with E-state index in [2.05, 4.69) is 5.10 Å². The lowest BCUT2D eigenvalue weighted by Gasteiger charge is -2.14. The third kappa shape index (κ3) is 2.47. The molecule has 2 N–H and O–H groups in total. The van der Waals surface area contributed by atoms with Crippen LogP contribution in [0, 0.1) is 0 Å². The lowest BCUT2D eigenvalue weighted by atomic mass is 10.0. The molecule has 0 bridgehead atoms. The highest BCUT2D eigenvalue weighted by Crippen LogP contribution is 2.23. The highest BCUT2D eigenvalue weighted by molar-refractivity contribution is 5.34. The summed E-state index contributed by atoms with van der Waals surface area (Å²) in [7, 11) is 3.58. The number of aryl methyl sites for hydroxylation is 1. The fourth-order valence-electron chi connectivity index (χ4n) is 1.96. The molecular weight excluding hydrogens is 214 g/mol. The lowest BCUT2D eigenvalue weighted by molar-refractivity contribution is 0.407. The molecule has 0 aliphatic heterocycles. The van der Waals surface area contributed by atoms with E-state index < -0.39 is 0 Å². The second-order valence-corrected chi connectivity index (χ2v) is 4.00. The normalized spacial score (nSPS) is 12.4. The summed E-state index contributed by atoms with van der Waals surface area (Å²) >= 11 is 0. The predicted octanol–water partition coefficient (Wildman–Crippen LogP) is 1.67. The maximum absolute atomic E-state index is 6.18. The van der Waals surface area contributed by atoms with Crippen LogP contribution >= 0.6 is 0 Å². The summed E-state index contributed by atoms with van der Waals surface area (Å²) in [5.74, 6) is 0.880. The molecule has 0 spiro atoms. The first kappa shape index (κ1) is 11.7. The number of aromatic nitrogens is 2. The molecule has 0 fully saturated rings. The molecule has 90 valence electrons. The number of nitrogens with two attached hydrogens (primary N) is 1. The smallest absolute Gasteiger partial charge is 0.122 e. The molecule has 2 aromatic rings. The molecule has 0 saturated heterocycles. The van der Waals surface area contributed by atoms with Crippen LogP contribution in [-0.4, -0.2) is 16.9 Å². The van der Waals surface area contributed by atoms with E-state index in [1.165, 1.54) is 0 Å². The zero-order chi connectivity index (χ0) is 12.3. The van der Waals surface area contributed by atoms with Crippen molar-refractivity contribution < 1.29 is 4.74 Å². The van der Waals surface area contributed by atoms with Gasteiger partial charge in [0.05, 0.1) is 18.8 Å². The highest BCUT2D eigenvalue weighted by atomic mass is 16.5. The van der Waals surface area contributed by atoms with Crippen LogP contribution in [-0.2, 0) is 13.5 Å². The van der Waals surface area contributed by atoms with Gasteiger partial charge in [0.25, 0.3) is 0 Å². The number of nitrogens with zero attached hydrogens (tertiary/aromatic N) is 2. The Morgan fingerprint density at radius 1 is 1.35 bits per heavy atom. The Balaban J connectivity index is 2.18. The molecule has 0 amide bonds. The number of hydrogen-bond donors (Lipinski definition) is 1. The Morgan fingerprint density at radius 2 is 2.12 bits per heavy atom. The van der Waals surface area contributed by atoms with Gasteiger partial charge in [-0.05, 0) is 24.1 Å². The van der Waals surface area contributed by atoms with Gasteiger partial charge in [0, 0.05) is 13.2 Å². The average molecular weight is 231 g/mol. The Hall–Kier alpha value is -1.81. The third-order valence-electron chi connectivity index (χ3n) is 2.87. The summed E-state index contributed by atoms with van der Waals surface area (Å²) in [5, 5.41) is 4.13. The standard InChI is InChI=1S/C13H17N3O/c1-16-12(7-8-15-16)11(14)9-10-5-3-4-6-13(10)17-2/h3-8,11H,9,14H2,1-2H3. The molecule has 1 unspecified atom stereocenters. The van der Waals surface area contributed by atoms with Crippen LogP contribution in [0.2, 0.25) is 0 Å². The zero-order valence-electron chi connectivity index (χ0n) is 10.1. The van der Waals surface area contributed by atoms with Crippen LogP contribution in [0.3, 0.4) is 0 Å². The van der Waals surface area contributed by atoms with Crippen molar-refractivity contribution in [1.82, 2.24) is 9.78 Å². The van der Waals surface area contributed by atoms with Gasteiger partial charge in [-0.3, -0.25) is 4.68 Å². The minimum absolute atomic E-state index is 0.0706. The first-order chi connectivity index (χ1) is 8.22. The van der Waals surface area contributed by atoms with Gasteiger partial charge in [0.15, 0.2) is 0 Å². The van der Waals surface area contributed by atoms with Crippen LogP contribution in [0.25, 0.3) is 0 Å². The molecular formula is C13H17N3O. The van der Waals surface area contributed by atoms with Crippen LogP contribution in [0.4, 0.5) is 0 Å². The topological polar surface area (TPSA) is 53.1 Å². The van der Waals surface area contributed by atoms with E-state index in [1.807, 2.05) is 37.4 Å². The fourth-order valence-corrected chi connectivity index (χ4v) is 1.96. The van der Waals surface area contributed by atoms with Gasteiger partial charge in [-0.2, -0.15) is 5.10 Å². The predicted molar refractivity (Wildman–Crippen MR) is 66.8 cm³/mol. The van der Waals surface area contributed by atoms with E-state index in [1.54, 1.807) is 18.0 Å². The summed E-state index contributed by atoms with van der Waals surface area (Å²) in [5.41, 5.74) is 8.32. The van der Waals surface area contributed by atoms with Crippen molar-refractivity contribution >= 4 is 0 Å². The van der Waals surface area contributed by atoms with Crippen molar-refractivity contribution in [1.29, 1.82) is 0 Å². The SMILES string of the molecule is COc1ccccc1CC(N)c1ccnn1C.